The van der Waals surface area contributed by atoms with Crippen molar-refractivity contribution in [3.8, 4) is 5.75 Å². The van der Waals surface area contributed by atoms with Crippen molar-refractivity contribution in [2.24, 2.45) is 5.16 Å². The third-order valence-corrected chi connectivity index (χ3v) is 3.14. The molecule has 0 saturated heterocycles. The van der Waals surface area contributed by atoms with Crippen LogP contribution in [-0.2, 0) is 14.4 Å². The molecule has 0 aliphatic carbocycles. The SMILES string of the molecule is COc1ccc(C=CC(=O)NNC(=O)CON=Cc2ccccc2)cc1. The van der Waals surface area contributed by atoms with Crippen molar-refractivity contribution >= 4 is 24.1 Å². The highest BCUT2D eigenvalue weighted by Crippen LogP contribution is 2.12. The third-order valence-electron chi connectivity index (χ3n) is 3.14. The largest absolute Gasteiger partial charge is 0.497 e. The Kier molecular flexibility index (Phi) is 7.41. The van der Waals surface area contributed by atoms with Gasteiger partial charge in [-0.25, -0.2) is 0 Å². The molecule has 2 aromatic rings. The van der Waals surface area contributed by atoms with Gasteiger partial charge in [-0.15, -0.1) is 0 Å². The zero-order valence-corrected chi connectivity index (χ0v) is 14.2. The van der Waals surface area contributed by atoms with Crippen molar-refractivity contribution in [2.45, 2.75) is 0 Å². The van der Waals surface area contributed by atoms with Crippen LogP contribution in [0.15, 0.2) is 65.8 Å². The number of ether oxygens (including phenoxy) is 1. The van der Waals surface area contributed by atoms with E-state index in [0.717, 1.165) is 16.9 Å². The van der Waals surface area contributed by atoms with Gasteiger partial charge in [0.1, 0.15) is 5.75 Å². The Labute approximate surface area is 151 Å². The van der Waals surface area contributed by atoms with Gasteiger partial charge in [0.25, 0.3) is 11.8 Å². The molecule has 134 valence electrons. The predicted octanol–water partition coefficient (Wildman–Crippen LogP) is 1.91. The number of hydrogen-bond donors (Lipinski definition) is 2. The van der Waals surface area contributed by atoms with Gasteiger partial charge in [0.05, 0.1) is 13.3 Å². The van der Waals surface area contributed by atoms with Crippen LogP contribution in [0.2, 0.25) is 0 Å². The zero-order valence-electron chi connectivity index (χ0n) is 14.2. The Balaban J connectivity index is 1.66. The molecular formula is C19H19N3O4. The topological polar surface area (TPSA) is 89.0 Å². The van der Waals surface area contributed by atoms with Gasteiger partial charge in [-0.2, -0.15) is 0 Å². The summed E-state index contributed by atoms with van der Waals surface area (Å²) in [7, 11) is 1.58. The van der Waals surface area contributed by atoms with Gasteiger partial charge in [0.2, 0.25) is 0 Å². The van der Waals surface area contributed by atoms with Crippen LogP contribution in [0.4, 0.5) is 0 Å². The molecule has 0 unspecified atom stereocenters. The fourth-order valence-electron chi connectivity index (χ4n) is 1.83. The summed E-state index contributed by atoms with van der Waals surface area (Å²) in [5.74, 6) is -0.267. The van der Waals surface area contributed by atoms with Crippen molar-refractivity contribution in [3.05, 3.63) is 71.8 Å². The lowest BCUT2D eigenvalue weighted by atomic mass is 10.2. The van der Waals surface area contributed by atoms with E-state index < -0.39 is 11.8 Å². The van der Waals surface area contributed by atoms with E-state index in [9.17, 15) is 9.59 Å². The van der Waals surface area contributed by atoms with E-state index >= 15 is 0 Å². The number of rotatable bonds is 7. The van der Waals surface area contributed by atoms with Crippen LogP contribution in [0.1, 0.15) is 11.1 Å². The van der Waals surface area contributed by atoms with E-state index in [1.54, 1.807) is 37.5 Å². The van der Waals surface area contributed by atoms with E-state index in [1.165, 1.54) is 12.3 Å². The molecule has 2 aromatic carbocycles. The van der Waals surface area contributed by atoms with Crippen molar-refractivity contribution < 1.29 is 19.2 Å². The number of methoxy groups -OCH3 is 1. The van der Waals surface area contributed by atoms with E-state index in [1.807, 2.05) is 30.3 Å². The lowest BCUT2D eigenvalue weighted by Crippen LogP contribution is -2.42. The molecule has 2 amide bonds. The van der Waals surface area contributed by atoms with E-state index in [4.69, 9.17) is 9.57 Å². The minimum Gasteiger partial charge on any atom is -0.497 e. The lowest BCUT2D eigenvalue weighted by Gasteiger charge is -2.04. The number of carbonyl (C=O) groups is 2. The molecule has 0 radical (unpaired) electrons. The molecule has 2 N–H and O–H groups in total. The molecule has 0 aromatic heterocycles. The molecule has 0 aliphatic heterocycles. The predicted molar refractivity (Wildman–Crippen MR) is 98.3 cm³/mol. The molecule has 26 heavy (non-hydrogen) atoms. The van der Waals surface area contributed by atoms with Crippen LogP contribution in [0.3, 0.4) is 0 Å². The second kappa shape index (κ2) is 10.3. The maximum absolute atomic E-state index is 11.7. The normalized spacial score (nSPS) is 10.7. The summed E-state index contributed by atoms with van der Waals surface area (Å²) in [6, 6.07) is 16.5. The quantitative estimate of drug-likeness (QED) is 0.452. The summed E-state index contributed by atoms with van der Waals surface area (Å²) in [5, 5.41) is 3.68. The first-order valence-electron chi connectivity index (χ1n) is 7.79. The van der Waals surface area contributed by atoms with Crippen LogP contribution in [0.25, 0.3) is 6.08 Å². The second-order valence-electron chi connectivity index (χ2n) is 5.06. The number of nitrogens with one attached hydrogen (secondary N) is 2. The van der Waals surface area contributed by atoms with Crippen molar-refractivity contribution in [1.82, 2.24) is 10.9 Å². The fourth-order valence-corrected chi connectivity index (χ4v) is 1.83. The summed E-state index contributed by atoms with van der Waals surface area (Å²) in [5.41, 5.74) is 6.16. The van der Waals surface area contributed by atoms with E-state index in [2.05, 4.69) is 16.0 Å². The highest BCUT2D eigenvalue weighted by Gasteiger charge is 2.02. The molecule has 7 heteroatoms. The fraction of sp³-hybridized carbons (Fsp3) is 0.105. The third kappa shape index (κ3) is 6.88. The van der Waals surface area contributed by atoms with Crippen LogP contribution in [0, 0.1) is 0 Å². The number of nitrogens with zero attached hydrogens (tertiary/aromatic N) is 1. The molecule has 0 fully saturated rings. The minimum absolute atomic E-state index is 0.314. The lowest BCUT2D eigenvalue weighted by molar-refractivity contribution is -0.130. The van der Waals surface area contributed by atoms with Gasteiger partial charge in [-0.3, -0.25) is 20.4 Å². The molecule has 0 spiro atoms. The Hall–Kier alpha value is -3.61. The summed E-state index contributed by atoms with van der Waals surface area (Å²) < 4.78 is 5.05. The summed E-state index contributed by atoms with van der Waals surface area (Å²) in [6.07, 6.45) is 4.40. The van der Waals surface area contributed by atoms with Crippen LogP contribution in [0.5, 0.6) is 5.75 Å². The van der Waals surface area contributed by atoms with Gasteiger partial charge in [-0.1, -0.05) is 47.6 Å². The first kappa shape index (κ1) is 18.7. The molecule has 0 aliphatic rings. The molecule has 7 nitrogen and oxygen atoms in total. The summed E-state index contributed by atoms with van der Waals surface area (Å²) in [4.78, 5) is 28.1. The van der Waals surface area contributed by atoms with Crippen molar-refractivity contribution in [3.63, 3.8) is 0 Å². The van der Waals surface area contributed by atoms with Crippen LogP contribution in [-0.4, -0.2) is 31.7 Å². The maximum Gasteiger partial charge on any atom is 0.279 e. The second-order valence-corrected chi connectivity index (χ2v) is 5.06. The summed E-state index contributed by atoms with van der Waals surface area (Å²) in [6.45, 7) is -0.314. The van der Waals surface area contributed by atoms with Gasteiger partial charge < -0.3 is 9.57 Å². The molecule has 2 rings (SSSR count). The van der Waals surface area contributed by atoms with Crippen LogP contribution < -0.4 is 15.6 Å². The van der Waals surface area contributed by atoms with Crippen LogP contribution >= 0.6 is 0 Å². The highest BCUT2D eigenvalue weighted by molar-refractivity contribution is 5.93. The maximum atomic E-state index is 11.7. The number of hydrogen-bond acceptors (Lipinski definition) is 5. The van der Waals surface area contributed by atoms with Crippen molar-refractivity contribution in [2.75, 3.05) is 13.7 Å². The smallest absolute Gasteiger partial charge is 0.279 e. The Morgan fingerprint density at radius 1 is 1.00 bits per heavy atom. The van der Waals surface area contributed by atoms with Crippen molar-refractivity contribution in [1.29, 1.82) is 0 Å². The first-order valence-corrected chi connectivity index (χ1v) is 7.79. The Bertz CT molecular complexity index is 771. The standard InChI is InChI=1S/C19H19N3O4/c1-25-17-10-7-15(8-11-17)9-12-18(23)21-22-19(24)14-26-20-13-16-5-3-2-4-6-16/h2-13H,14H2,1H3,(H,21,23)(H,22,24). The number of hydrazine groups is 1. The number of amides is 2. The Morgan fingerprint density at radius 3 is 2.42 bits per heavy atom. The highest BCUT2D eigenvalue weighted by atomic mass is 16.6. The molecule has 0 atom stereocenters. The van der Waals surface area contributed by atoms with E-state index in [0.29, 0.717) is 0 Å². The average molecular weight is 353 g/mol. The minimum atomic E-state index is -0.526. The number of oxime groups is 1. The van der Waals surface area contributed by atoms with Gasteiger partial charge in [-0.05, 0) is 29.3 Å². The van der Waals surface area contributed by atoms with Gasteiger partial charge >= 0.3 is 0 Å². The molecule has 0 saturated carbocycles. The monoisotopic (exact) mass is 353 g/mol. The molecule has 0 bridgehead atoms. The first-order chi connectivity index (χ1) is 12.7. The molecule has 0 heterocycles. The van der Waals surface area contributed by atoms with Gasteiger partial charge in [0, 0.05) is 6.08 Å². The number of benzene rings is 2. The van der Waals surface area contributed by atoms with E-state index in [-0.39, 0.29) is 6.61 Å². The molecular weight excluding hydrogens is 334 g/mol. The average Bonchev–Trinajstić information content (AvgIpc) is 2.69. The Morgan fingerprint density at radius 2 is 1.73 bits per heavy atom. The van der Waals surface area contributed by atoms with Gasteiger partial charge in [0.15, 0.2) is 6.61 Å². The number of carbonyl (C=O) groups excluding carboxylic acids is 2. The zero-order chi connectivity index (χ0) is 18.6. The summed E-state index contributed by atoms with van der Waals surface area (Å²) >= 11 is 0.